The maximum Gasteiger partial charge on any atom is 0.277 e. The summed E-state index contributed by atoms with van der Waals surface area (Å²) in [5.74, 6) is 1.25. The predicted octanol–water partition coefficient (Wildman–Crippen LogP) is 4.68. The summed E-state index contributed by atoms with van der Waals surface area (Å²) in [4.78, 5) is 20.2. The number of halogens is 1. The van der Waals surface area contributed by atoms with Crippen LogP contribution in [0.15, 0.2) is 45.5 Å². The van der Waals surface area contributed by atoms with E-state index in [1.807, 2.05) is 32.0 Å². The standard InChI is InChI=1S/C18H16BrN5O2/c1-9(2)15-14(19)16(24-23-15)18(25)20-10-5-6-11-12(8-10)22-17(21-11)13-4-3-7-26-13/h3-9H,1-2H3,(H,20,25)(H,21,22)(H,23,24). The van der Waals surface area contributed by atoms with Crippen molar-refractivity contribution in [2.24, 2.45) is 0 Å². The summed E-state index contributed by atoms with van der Waals surface area (Å²) in [5, 5.41) is 9.89. The molecule has 3 N–H and O–H groups in total. The smallest absolute Gasteiger partial charge is 0.277 e. The second kappa shape index (κ2) is 6.45. The van der Waals surface area contributed by atoms with Gasteiger partial charge in [0, 0.05) is 5.69 Å². The molecule has 4 rings (SSSR count). The lowest BCUT2D eigenvalue weighted by Crippen LogP contribution is -2.13. The number of nitrogens with one attached hydrogen (secondary N) is 3. The quantitative estimate of drug-likeness (QED) is 0.451. The van der Waals surface area contributed by atoms with E-state index in [1.54, 1.807) is 18.4 Å². The molecule has 0 aliphatic heterocycles. The molecule has 7 nitrogen and oxygen atoms in total. The molecule has 0 spiro atoms. The molecule has 4 aromatic rings. The fraction of sp³-hybridized carbons (Fsp3) is 0.167. The van der Waals surface area contributed by atoms with Crippen molar-refractivity contribution in [3.63, 3.8) is 0 Å². The van der Waals surface area contributed by atoms with E-state index in [2.05, 4.69) is 41.4 Å². The van der Waals surface area contributed by atoms with E-state index in [9.17, 15) is 4.79 Å². The topological polar surface area (TPSA) is 99.6 Å². The molecule has 0 fully saturated rings. The summed E-state index contributed by atoms with van der Waals surface area (Å²) >= 11 is 3.45. The van der Waals surface area contributed by atoms with Gasteiger partial charge in [-0.15, -0.1) is 0 Å². The molecule has 3 heterocycles. The zero-order valence-corrected chi connectivity index (χ0v) is 15.7. The van der Waals surface area contributed by atoms with Crippen LogP contribution in [-0.4, -0.2) is 26.1 Å². The molecule has 26 heavy (non-hydrogen) atoms. The number of nitrogens with zero attached hydrogens (tertiary/aromatic N) is 2. The zero-order valence-electron chi connectivity index (χ0n) is 14.1. The Bertz CT molecular complexity index is 1080. The summed E-state index contributed by atoms with van der Waals surface area (Å²) in [6.07, 6.45) is 1.60. The summed E-state index contributed by atoms with van der Waals surface area (Å²) in [5.41, 5.74) is 3.46. The van der Waals surface area contributed by atoms with E-state index in [0.29, 0.717) is 27.4 Å². The van der Waals surface area contributed by atoms with Crippen molar-refractivity contribution in [2.45, 2.75) is 19.8 Å². The second-order valence-corrected chi connectivity index (χ2v) is 7.00. The molecule has 1 amide bonds. The average molecular weight is 414 g/mol. The van der Waals surface area contributed by atoms with Crippen LogP contribution in [0.2, 0.25) is 0 Å². The molecular weight excluding hydrogens is 398 g/mol. The number of furan rings is 1. The third kappa shape index (κ3) is 2.92. The third-order valence-corrected chi connectivity index (χ3v) is 4.82. The molecule has 0 atom stereocenters. The molecule has 0 aliphatic carbocycles. The normalized spacial score (nSPS) is 11.4. The van der Waals surface area contributed by atoms with Crippen LogP contribution in [0, 0.1) is 0 Å². The number of rotatable bonds is 4. The highest BCUT2D eigenvalue weighted by Crippen LogP contribution is 2.27. The van der Waals surface area contributed by atoms with Gasteiger partial charge in [-0.25, -0.2) is 4.98 Å². The Balaban J connectivity index is 1.60. The molecule has 0 radical (unpaired) electrons. The van der Waals surface area contributed by atoms with Crippen LogP contribution in [0.25, 0.3) is 22.6 Å². The number of H-pyrrole nitrogens is 2. The first-order chi connectivity index (χ1) is 12.5. The van der Waals surface area contributed by atoms with E-state index < -0.39 is 0 Å². The highest BCUT2D eigenvalue weighted by atomic mass is 79.9. The number of hydrogen-bond acceptors (Lipinski definition) is 4. The van der Waals surface area contributed by atoms with Crippen molar-refractivity contribution in [3.05, 3.63) is 52.5 Å². The van der Waals surface area contributed by atoms with Gasteiger partial charge >= 0.3 is 0 Å². The van der Waals surface area contributed by atoms with E-state index in [4.69, 9.17) is 4.42 Å². The van der Waals surface area contributed by atoms with Gasteiger partial charge in [0.2, 0.25) is 0 Å². The van der Waals surface area contributed by atoms with Gasteiger partial charge in [0.15, 0.2) is 17.3 Å². The Hall–Kier alpha value is -2.87. The van der Waals surface area contributed by atoms with Crippen LogP contribution < -0.4 is 5.32 Å². The van der Waals surface area contributed by atoms with Crippen LogP contribution in [0.3, 0.4) is 0 Å². The number of fused-ring (bicyclic) bond motifs is 1. The van der Waals surface area contributed by atoms with Crippen molar-refractivity contribution in [1.29, 1.82) is 0 Å². The summed E-state index contributed by atoms with van der Waals surface area (Å²) in [6, 6.07) is 9.11. The van der Waals surface area contributed by atoms with E-state index in [1.165, 1.54) is 0 Å². The molecule has 1 aromatic carbocycles. The van der Waals surface area contributed by atoms with Crippen molar-refractivity contribution < 1.29 is 9.21 Å². The van der Waals surface area contributed by atoms with Crippen LogP contribution >= 0.6 is 15.9 Å². The molecule has 0 unspecified atom stereocenters. The van der Waals surface area contributed by atoms with Crippen LogP contribution in [0.4, 0.5) is 5.69 Å². The van der Waals surface area contributed by atoms with E-state index >= 15 is 0 Å². The number of amides is 1. The van der Waals surface area contributed by atoms with Crippen molar-refractivity contribution in [2.75, 3.05) is 5.32 Å². The lowest BCUT2D eigenvalue weighted by Gasteiger charge is -2.04. The maximum absolute atomic E-state index is 12.5. The first kappa shape index (κ1) is 16.6. The monoisotopic (exact) mass is 413 g/mol. The first-order valence-electron chi connectivity index (χ1n) is 8.11. The minimum absolute atomic E-state index is 0.236. The minimum atomic E-state index is -0.287. The van der Waals surface area contributed by atoms with Crippen molar-refractivity contribution in [1.82, 2.24) is 20.2 Å². The fourth-order valence-corrected chi connectivity index (χ4v) is 3.50. The number of hydrogen-bond donors (Lipinski definition) is 3. The summed E-state index contributed by atoms with van der Waals surface area (Å²) in [7, 11) is 0. The Labute approximate surface area is 157 Å². The Morgan fingerprint density at radius 3 is 2.85 bits per heavy atom. The molecule has 0 saturated carbocycles. The molecule has 3 aromatic heterocycles. The lowest BCUT2D eigenvalue weighted by molar-refractivity contribution is 0.102. The SMILES string of the molecule is CC(C)c1[nH]nc(C(=O)Nc2ccc3nc(-c4ccco4)[nH]c3c2)c1Br. The molecule has 0 aliphatic rings. The number of benzene rings is 1. The maximum atomic E-state index is 12.5. The van der Waals surface area contributed by atoms with Crippen LogP contribution in [-0.2, 0) is 0 Å². The zero-order chi connectivity index (χ0) is 18.3. The van der Waals surface area contributed by atoms with E-state index in [-0.39, 0.29) is 11.8 Å². The van der Waals surface area contributed by atoms with Gasteiger partial charge in [0.25, 0.3) is 5.91 Å². The summed E-state index contributed by atoms with van der Waals surface area (Å²) in [6.45, 7) is 4.06. The predicted molar refractivity (Wildman–Crippen MR) is 102 cm³/mol. The van der Waals surface area contributed by atoms with Gasteiger partial charge in [-0.3, -0.25) is 9.89 Å². The molecule has 0 bridgehead atoms. The van der Waals surface area contributed by atoms with Gasteiger partial charge < -0.3 is 14.7 Å². The lowest BCUT2D eigenvalue weighted by atomic mass is 10.1. The van der Waals surface area contributed by atoms with Gasteiger partial charge in [0.1, 0.15) is 0 Å². The van der Waals surface area contributed by atoms with E-state index in [0.717, 1.165) is 16.7 Å². The number of imidazole rings is 1. The largest absolute Gasteiger partial charge is 0.461 e. The van der Waals surface area contributed by atoms with Gasteiger partial charge in [0.05, 0.1) is 27.5 Å². The Morgan fingerprint density at radius 2 is 2.15 bits per heavy atom. The van der Waals surface area contributed by atoms with Gasteiger partial charge in [-0.1, -0.05) is 13.8 Å². The minimum Gasteiger partial charge on any atom is -0.461 e. The second-order valence-electron chi connectivity index (χ2n) is 6.20. The molecule has 132 valence electrons. The fourth-order valence-electron chi connectivity index (χ4n) is 2.68. The van der Waals surface area contributed by atoms with Crippen molar-refractivity contribution >= 4 is 38.6 Å². The number of anilines is 1. The van der Waals surface area contributed by atoms with Gasteiger partial charge in [-0.2, -0.15) is 5.10 Å². The van der Waals surface area contributed by atoms with Gasteiger partial charge in [-0.05, 0) is 52.2 Å². The van der Waals surface area contributed by atoms with Crippen molar-refractivity contribution in [3.8, 4) is 11.6 Å². The number of carbonyl (C=O) groups excluding carboxylic acids is 1. The molecular formula is C18H16BrN5O2. The molecule has 0 saturated heterocycles. The van der Waals surface area contributed by atoms with Crippen LogP contribution in [0.1, 0.15) is 35.9 Å². The number of aromatic amines is 2. The molecule has 8 heteroatoms. The highest BCUT2D eigenvalue weighted by molar-refractivity contribution is 9.10. The highest BCUT2D eigenvalue weighted by Gasteiger charge is 2.19. The average Bonchev–Trinajstić information content (AvgIpc) is 3.32. The Morgan fingerprint density at radius 1 is 1.31 bits per heavy atom. The number of aromatic nitrogens is 4. The van der Waals surface area contributed by atoms with Crippen LogP contribution in [0.5, 0.6) is 0 Å². The first-order valence-corrected chi connectivity index (χ1v) is 8.91. The Kier molecular flexibility index (Phi) is 4.12. The third-order valence-electron chi connectivity index (χ3n) is 4.02. The number of carbonyl (C=O) groups is 1. The summed E-state index contributed by atoms with van der Waals surface area (Å²) < 4.78 is 6.04.